The number of rotatable bonds is 12. The molecule has 0 aliphatic carbocycles. The van der Waals surface area contributed by atoms with Gasteiger partial charge in [-0.3, -0.25) is 0 Å². The van der Waals surface area contributed by atoms with E-state index in [1.54, 1.807) is 6.92 Å². The fourth-order valence-corrected chi connectivity index (χ4v) is 4.22. The molecular weight excluding hydrogens is 418 g/mol. The summed E-state index contributed by atoms with van der Waals surface area (Å²) in [5.74, 6) is 1.98. The molecule has 2 saturated heterocycles. The highest BCUT2D eigenvalue weighted by atomic mass is 32.2. The summed E-state index contributed by atoms with van der Waals surface area (Å²) in [5.41, 5.74) is 5.45. The van der Waals surface area contributed by atoms with E-state index in [1.165, 1.54) is 0 Å². The maximum atomic E-state index is 10.6. The summed E-state index contributed by atoms with van der Waals surface area (Å²) in [6, 6.07) is 0. The van der Waals surface area contributed by atoms with Gasteiger partial charge >= 0.3 is 0 Å². The Morgan fingerprint density at radius 1 is 0.967 bits per heavy atom. The highest BCUT2D eigenvalue weighted by Gasteiger charge is 2.48. The number of unbranched alkanes of at least 4 members (excludes halogenated alkanes) is 2. The van der Waals surface area contributed by atoms with Crippen molar-refractivity contribution in [1.29, 1.82) is 0 Å². The van der Waals surface area contributed by atoms with E-state index in [9.17, 15) is 25.5 Å². The standard InChI is InChI=1S/C19H37NO9S/c1-11-12(22)9-13(23)18(27-11)29-17-15(24)14(10-21)28-19(16(17)25)26-6-3-2-4-7-30-8-5-20/h11-19,21-25H,2-10,20H2,1H3/t11-,12+,13+,14-,15-,16+,17+,18-,19+/m1/s1. The molecule has 0 bridgehead atoms. The van der Waals surface area contributed by atoms with Crippen molar-refractivity contribution < 1.29 is 44.5 Å². The molecule has 2 fully saturated rings. The first kappa shape index (κ1) is 26.2. The minimum absolute atomic E-state index is 0.0498. The molecule has 7 N–H and O–H groups in total. The van der Waals surface area contributed by atoms with Gasteiger partial charge in [0.25, 0.3) is 0 Å². The lowest BCUT2D eigenvalue weighted by molar-refractivity contribution is -0.348. The van der Waals surface area contributed by atoms with E-state index in [-0.39, 0.29) is 6.42 Å². The number of ether oxygens (including phenoxy) is 4. The van der Waals surface area contributed by atoms with Crippen LogP contribution in [0.25, 0.3) is 0 Å². The Morgan fingerprint density at radius 2 is 1.73 bits per heavy atom. The van der Waals surface area contributed by atoms with Gasteiger partial charge < -0.3 is 50.2 Å². The summed E-state index contributed by atoms with van der Waals surface area (Å²) in [6.45, 7) is 2.17. The number of thioether (sulfide) groups is 1. The minimum atomic E-state index is -1.35. The van der Waals surface area contributed by atoms with E-state index in [0.29, 0.717) is 13.2 Å². The van der Waals surface area contributed by atoms with Crippen molar-refractivity contribution in [2.24, 2.45) is 5.73 Å². The van der Waals surface area contributed by atoms with Crippen molar-refractivity contribution in [1.82, 2.24) is 0 Å². The van der Waals surface area contributed by atoms with Crippen LogP contribution in [0.2, 0.25) is 0 Å². The molecule has 11 heteroatoms. The molecule has 2 aliphatic heterocycles. The monoisotopic (exact) mass is 455 g/mol. The molecule has 10 nitrogen and oxygen atoms in total. The molecule has 2 heterocycles. The SMILES string of the molecule is C[C@H]1O[C@H](O[C@@H]2[C@H](O)[C@@H](OCCCCCSCCN)O[C@H](CO)[C@H]2O)[C@@H](O)C[C@@H]1O. The van der Waals surface area contributed by atoms with Crippen molar-refractivity contribution in [3.63, 3.8) is 0 Å². The second-order valence-corrected chi connectivity index (χ2v) is 8.94. The van der Waals surface area contributed by atoms with Crippen LogP contribution in [-0.4, -0.2) is 112 Å². The molecular formula is C19H37NO9S. The van der Waals surface area contributed by atoms with Gasteiger partial charge in [-0.25, -0.2) is 0 Å². The highest BCUT2D eigenvalue weighted by molar-refractivity contribution is 7.99. The number of aliphatic hydroxyl groups is 5. The lowest BCUT2D eigenvalue weighted by Gasteiger charge is -2.44. The molecule has 9 atom stereocenters. The van der Waals surface area contributed by atoms with E-state index in [2.05, 4.69) is 0 Å². The Morgan fingerprint density at radius 3 is 2.43 bits per heavy atom. The Bertz CT molecular complexity index is 477. The van der Waals surface area contributed by atoms with Crippen molar-refractivity contribution in [3.05, 3.63) is 0 Å². The third-order valence-electron chi connectivity index (χ3n) is 5.28. The average molecular weight is 456 g/mol. The van der Waals surface area contributed by atoms with Crippen LogP contribution >= 0.6 is 11.8 Å². The minimum Gasteiger partial charge on any atom is -0.394 e. The van der Waals surface area contributed by atoms with E-state index < -0.39 is 61.9 Å². The van der Waals surface area contributed by atoms with Gasteiger partial charge in [-0.05, 0) is 25.5 Å². The van der Waals surface area contributed by atoms with Crippen LogP contribution < -0.4 is 5.73 Å². The predicted molar refractivity (Wildman–Crippen MR) is 110 cm³/mol. The molecule has 0 saturated carbocycles. The molecule has 178 valence electrons. The fraction of sp³-hybridized carbons (Fsp3) is 1.00. The highest BCUT2D eigenvalue weighted by Crippen LogP contribution is 2.29. The first-order valence-electron chi connectivity index (χ1n) is 10.6. The fourth-order valence-electron chi connectivity index (χ4n) is 3.44. The van der Waals surface area contributed by atoms with E-state index in [4.69, 9.17) is 24.7 Å². The average Bonchev–Trinajstić information content (AvgIpc) is 2.72. The third kappa shape index (κ3) is 7.52. The van der Waals surface area contributed by atoms with Crippen molar-refractivity contribution in [2.75, 3.05) is 31.3 Å². The molecule has 2 aliphatic rings. The maximum absolute atomic E-state index is 10.6. The molecule has 0 amide bonds. The quantitative estimate of drug-likeness (QED) is 0.191. The smallest absolute Gasteiger partial charge is 0.186 e. The van der Waals surface area contributed by atoms with Crippen molar-refractivity contribution >= 4 is 11.8 Å². The van der Waals surface area contributed by atoms with Gasteiger partial charge in [0.05, 0.1) is 18.8 Å². The Balaban J connectivity index is 1.85. The topological polar surface area (TPSA) is 164 Å². The lowest BCUT2D eigenvalue weighted by Crippen LogP contribution is -2.62. The van der Waals surface area contributed by atoms with Crippen LogP contribution in [-0.2, 0) is 18.9 Å². The number of nitrogens with two attached hydrogens (primary N) is 1. The summed E-state index contributed by atoms with van der Waals surface area (Å²) < 4.78 is 22.3. The summed E-state index contributed by atoms with van der Waals surface area (Å²) in [5, 5.41) is 50.5. The zero-order valence-electron chi connectivity index (χ0n) is 17.4. The zero-order chi connectivity index (χ0) is 22.1. The molecule has 0 aromatic heterocycles. The Labute approximate surface area is 181 Å². The zero-order valence-corrected chi connectivity index (χ0v) is 18.2. The van der Waals surface area contributed by atoms with Crippen LogP contribution in [0.15, 0.2) is 0 Å². The van der Waals surface area contributed by atoms with Gasteiger partial charge in [-0.15, -0.1) is 0 Å². The largest absolute Gasteiger partial charge is 0.394 e. The van der Waals surface area contributed by atoms with Crippen LogP contribution in [0, 0.1) is 0 Å². The summed E-state index contributed by atoms with van der Waals surface area (Å²) in [4.78, 5) is 0. The second-order valence-electron chi connectivity index (χ2n) is 7.72. The lowest BCUT2D eigenvalue weighted by atomic mass is 9.98. The molecule has 2 rings (SSSR count). The van der Waals surface area contributed by atoms with Crippen LogP contribution in [0.4, 0.5) is 0 Å². The number of aliphatic hydroxyl groups excluding tert-OH is 5. The Hall–Kier alpha value is -0.0500. The molecule has 30 heavy (non-hydrogen) atoms. The Kier molecular flexibility index (Phi) is 11.8. The molecule has 0 spiro atoms. The molecule has 0 aromatic carbocycles. The van der Waals surface area contributed by atoms with Gasteiger partial charge in [0.15, 0.2) is 12.6 Å². The maximum Gasteiger partial charge on any atom is 0.186 e. The first-order valence-corrected chi connectivity index (χ1v) is 11.7. The van der Waals surface area contributed by atoms with Crippen LogP contribution in [0.5, 0.6) is 0 Å². The predicted octanol–water partition coefficient (Wildman–Crippen LogP) is -1.45. The van der Waals surface area contributed by atoms with E-state index in [0.717, 1.165) is 30.8 Å². The summed E-state index contributed by atoms with van der Waals surface area (Å²) >= 11 is 1.81. The van der Waals surface area contributed by atoms with E-state index in [1.807, 2.05) is 11.8 Å². The molecule has 0 unspecified atom stereocenters. The molecule has 0 aromatic rings. The first-order chi connectivity index (χ1) is 14.4. The van der Waals surface area contributed by atoms with Gasteiger partial charge in [0.2, 0.25) is 0 Å². The van der Waals surface area contributed by atoms with Gasteiger partial charge in [0, 0.05) is 25.3 Å². The normalized spacial score (nSPS) is 39.9. The number of hydrogen-bond donors (Lipinski definition) is 6. The van der Waals surface area contributed by atoms with Gasteiger partial charge in [-0.2, -0.15) is 11.8 Å². The van der Waals surface area contributed by atoms with E-state index >= 15 is 0 Å². The third-order valence-corrected chi connectivity index (χ3v) is 6.38. The van der Waals surface area contributed by atoms with Crippen LogP contribution in [0.3, 0.4) is 0 Å². The second kappa shape index (κ2) is 13.5. The molecule has 0 radical (unpaired) electrons. The van der Waals surface area contributed by atoms with Crippen molar-refractivity contribution in [3.8, 4) is 0 Å². The summed E-state index contributed by atoms with van der Waals surface area (Å²) in [7, 11) is 0. The summed E-state index contributed by atoms with van der Waals surface area (Å²) in [6.07, 6.45) is -6.85. The van der Waals surface area contributed by atoms with Crippen LogP contribution in [0.1, 0.15) is 32.6 Å². The number of hydrogen-bond acceptors (Lipinski definition) is 11. The van der Waals surface area contributed by atoms with Gasteiger partial charge in [-0.1, -0.05) is 6.42 Å². The van der Waals surface area contributed by atoms with Gasteiger partial charge in [0.1, 0.15) is 30.5 Å². The van der Waals surface area contributed by atoms with Crippen molar-refractivity contribution in [2.45, 2.75) is 87.9 Å².